The predicted octanol–water partition coefficient (Wildman–Crippen LogP) is 1.06. The lowest BCUT2D eigenvalue weighted by Gasteiger charge is -2.15. The van der Waals surface area contributed by atoms with E-state index in [9.17, 15) is 4.79 Å². The maximum Gasteiger partial charge on any atom is 0.223 e. The van der Waals surface area contributed by atoms with Gasteiger partial charge in [-0.05, 0) is 26.7 Å². The maximum absolute atomic E-state index is 11.1. The van der Waals surface area contributed by atoms with Crippen molar-refractivity contribution in [2.75, 3.05) is 6.54 Å². The van der Waals surface area contributed by atoms with E-state index in [0.717, 1.165) is 12.8 Å². The van der Waals surface area contributed by atoms with Crippen molar-refractivity contribution in [2.24, 2.45) is 11.3 Å². The first kappa shape index (κ1) is 9.05. The number of hydrogen-bond donors (Lipinski definition) is 1. The van der Waals surface area contributed by atoms with E-state index in [4.69, 9.17) is 5.26 Å². The highest BCUT2D eigenvalue weighted by Gasteiger charge is 2.30. The fourth-order valence-electron chi connectivity index (χ4n) is 0.837. The lowest BCUT2D eigenvalue weighted by molar-refractivity contribution is -0.122. The molecule has 1 aliphatic rings. The molecule has 0 aliphatic heterocycles. The van der Waals surface area contributed by atoms with Gasteiger partial charge in [0.25, 0.3) is 0 Å². The summed E-state index contributed by atoms with van der Waals surface area (Å²) in [5, 5.41) is 11.4. The molecule has 0 heterocycles. The van der Waals surface area contributed by atoms with Gasteiger partial charge in [0, 0.05) is 12.5 Å². The van der Waals surface area contributed by atoms with Crippen LogP contribution in [0.1, 0.15) is 26.7 Å². The normalized spacial score (nSPS) is 16.8. The Labute approximate surface area is 72.8 Å². The molecule has 3 heteroatoms. The molecule has 0 radical (unpaired) electrons. The third kappa shape index (κ3) is 2.54. The quantitative estimate of drug-likeness (QED) is 0.681. The van der Waals surface area contributed by atoms with E-state index in [2.05, 4.69) is 11.4 Å². The zero-order valence-corrected chi connectivity index (χ0v) is 7.55. The summed E-state index contributed by atoms with van der Waals surface area (Å²) in [5.74, 6) is 0.345. The van der Waals surface area contributed by atoms with E-state index >= 15 is 0 Å². The largest absolute Gasteiger partial charge is 0.354 e. The number of nitrogens with zero attached hydrogens (tertiary/aromatic N) is 1. The zero-order valence-electron chi connectivity index (χ0n) is 7.55. The average Bonchev–Trinajstić information content (AvgIpc) is 2.83. The molecule has 1 aliphatic carbocycles. The van der Waals surface area contributed by atoms with Crippen LogP contribution in [0.15, 0.2) is 0 Å². The van der Waals surface area contributed by atoms with Crippen LogP contribution < -0.4 is 5.32 Å². The number of nitrogens with one attached hydrogen (secondary N) is 1. The van der Waals surface area contributed by atoms with E-state index in [1.165, 1.54) is 0 Å². The molecule has 1 N–H and O–H groups in total. The van der Waals surface area contributed by atoms with Crippen LogP contribution in [0.5, 0.6) is 0 Å². The molecular weight excluding hydrogens is 152 g/mol. The van der Waals surface area contributed by atoms with Gasteiger partial charge in [-0.3, -0.25) is 4.79 Å². The number of rotatable bonds is 3. The lowest BCUT2D eigenvalue weighted by Crippen LogP contribution is -2.33. The molecular formula is C9H14N2O. The fourth-order valence-corrected chi connectivity index (χ4v) is 0.837. The van der Waals surface area contributed by atoms with E-state index < -0.39 is 5.41 Å². The second-order valence-corrected chi connectivity index (χ2v) is 3.99. The van der Waals surface area contributed by atoms with Gasteiger partial charge in [-0.1, -0.05) is 0 Å². The molecule has 1 rings (SSSR count). The Morgan fingerprint density at radius 2 is 2.25 bits per heavy atom. The number of amides is 1. The Balaban J connectivity index is 2.25. The molecule has 1 amide bonds. The van der Waals surface area contributed by atoms with Crippen molar-refractivity contribution < 1.29 is 4.79 Å². The summed E-state index contributed by atoms with van der Waals surface area (Å²) in [5.41, 5.74) is -0.440. The lowest BCUT2D eigenvalue weighted by atomic mass is 9.96. The predicted molar refractivity (Wildman–Crippen MR) is 45.1 cm³/mol. The summed E-state index contributed by atoms with van der Waals surface area (Å²) in [6, 6.07) is 2.14. The Bertz CT molecular complexity index is 223. The molecule has 0 aromatic rings. The molecule has 1 fully saturated rings. The van der Waals surface area contributed by atoms with Gasteiger partial charge >= 0.3 is 0 Å². The average molecular weight is 166 g/mol. The van der Waals surface area contributed by atoms with Crippen LogP contribution >= 0.6 is 0 Å². The van der Waals surface area contributed by atoms with E-state index in [1.807, 2.05) is 13.8 Å². The topological polar surface area (TPSA) is 52.9 Å². The highest BCUT2D eigenvalue weighted by atomic mass is 16.2. The van der Waals surface area contributed by atoms with E-state index in [0.29, 0.717) is 6.54 Å². The first-order chi connectivity index (χ1) is 5.55. The highest BCUT2D eigenvalue weighted by Crippen LogP contribution is 2.28. The smallest absolute Gasteiger partial charge is 0.223 e. The van der Waals surface area contributed by atoms with Gasteiger partial charge in [0.05, 0.1) is 11.5 Å². The van der Waals surface area contributed by atoms with Crippen LogP contribution in [0.2, 0.25) is 0 Å². The minimum Gasteiger partial charge on any atom is -0.354 e. The second-order valence-electron chi connectivity index (χ2n) is 3.99. The van der Waals surface area contributed by atoms with Crippen molar-refractivity contribution in [1.29, 1.82) is 5.26 Å². The van der Waals surface area contributed by atoms with E-state index in [1.54, 1.807) is 0 Å². The summed E-state index contributed by atoms with van der Waals surface area (Å²) >= 11 is 0. The molecule has 0 saturated heterocycles. The summed E-state index contributed by atoms with van der Waals surface area (Å²) in [6.07, 6.45) is 2.03. The number of carbonyl (C=O) groups is 1. The third-order valence-electron chi connectivity index (χ3n) is 1.96. The van der Waals surface area contributed by atoms with Crippen LogP contribution in [0.25, 0.3) is 0 Å². The fraction of sp³-hybridized carbons (Fsp3) is 0.778. The SMILES string of the molecule is CC(C)(C#N)CNC(=O)C1CC1. The molecule has 12 heavy (non-hydrogen) atoms. The van der Waals surface area contributed by atoms with Crippen molar-refractivity contribution in [3.05, 3.63) is 0 Å². The van der Waals surface area contributed by atoms with Crippen LogP contribution in [0.3, 0.4) is 0 Å². The molecule has 0 aromatic heterocycles. The van der Waals surface area contributed by atoms with Crippen molar-refractivity contribution in [1.82, 2.24) is 5.32 Å². The van der Waals surface area contributed by atoms with Crippen LogP contribution in [0.4, 0.5) is 0 Å². The third-order valence-corrected chi connectivity index (χ3v) is 1.96. The zero-order chi connectivity index (χ0) is 9.19. The van der Waals surface area contributed by atoms with Gasteiger partial charge in [-0.2, -0.15) is 5.26 Å². The van der Waals surface area contributed by atoms with Gasteiger partial charge in [0.1, 0.15) is 0 Å². The number of nitriles is 1. The number of carbonyl (C=O) groups excluding carboxylic acids is 1. The molecule has 3 nitrogen and oxygen atoms in total. The van der Waals surface area contributed by atoms with Gasteiger partial charge in [-0.25, -0.2) is 0 Å². The Morgan fingerprint density at radius 3 is 2.67 bits per heavy atom. The summed E-state index contributed by atoms with van der Waals surface area (Å²) in [6.45, 7) is 4.10. The molecule has 0 spiro atoms. The van der Waals surface area contributed by atoms with Gasteiger partial charge in [0.15, 0.2) is 0 Å². The highest BCUT2D eigenvalue weighted by molar-refractivity contribution is 5.80. The van der Waals surface area contributed by atoms with Gasteiger partial charge in [-0.15, -0.1) is 0 Å². The summed E-state index contributed by atoms with van der Waals surface area (Å²) in [4.78, 5) is 11.1. The second kappa shape index (κ2) is 3.14. The van der Waals surface area contributed by atoms with Gasteiger partial charge in [0.2, 0.25) is 5.91 Å². The Morgan fingerprint density at radius 1 is 1.67 bits per heavy atom. The van der Waals surface area contributed by atoms with Crippen LogP contribution in [0, 0.1) is 22.7 Å². The molecule has 1 saturated carbocycles. The minimum absolute atomic E-state index is 0.110. The summed E-state index contributed by atoms with van der Waals surface area (Å²) in [7, 11) is 0. The first-order valence-electron chi connectivity index (χ1n) is 4.24. The summed E-state index contributed by atoms with van der Waals surface area (Å²) < 4.78 is 0. The Kier molecular flexibility index (Phi) is 2.37. The first-order valence-corrected chi connectivity index (χ1v) is 4.24. The van der Waals surface area contributed by atoms with Gasteiger partial charge < -0.3 is 5.32 Å². The van der Waals surface area contributed by atoms with Crippen LogP contribution in [-0.2, 0) is 4.79 Å². The molecule has 0 unspecified atom stereocenters. The minimum atomic E-state index is -0.440. The van der Waals surface area contributed by atoms with Crippen molar-refractivity contribution >= 4 is 5.91 Å². The maximum atomic E-state index is 11.1. The van der Waals surface area contributed by atoms with Crippen molar-refractivity contribution in [3.63, 3.8) is 0 Å². The van der Waals surface area contributed by atoms with Crippen molar-refractivity contribution in [2.45, 2.75) is 26.7 Å². The molecule has 66 valence electrons. The van der Waals surface area contributed by atoms with E-state index in [-0.39, 0.29) is 11.8 Å². The van der Waals surface area contributed by atoms with Crippen LogP contribution in [-0.4, -0.2) is 12.5 Å². The monoisotopic (exact) mass is 166 g/mol. The molecule has 0 aromatic carbocycles. The van der Waals surface area contributed by atoms with Crippen molar-refractivity contribution in [3.8, 4) is 6.07 Å². The molecule has 0 atom stereocenters. The Hall–Kier alpha value is -1.04. The number of hydrogen-bond acceptors (Lipinski definition) is 2. The molecule has 0 bridgehead atoms. The standard InChI is InChI=1S/C9H14N2O/c1-9(2,5-10)6-11-8(12)7-3-4-7/h7H,3-4,6H2,1-2H3,(H,11,12).